The van der Waals surface area contributed by atoms with Gasteiger partial charge in [0.05, 0.1) is 23.3 Å². The topological polar surface area (TPSA) is 55.1 Å². The van der Waals surface area contributed by atoms with E-state index in [1.54, 1.807) is 0 Å². The van der Waals surface area contributed by atoms with Crippen LogP contribution in [0.25, 0.3) is 0 Å². The van der Waals surface area contributed by atoms with Crippen LogP contribution >= 0.6 is 0 Å². The van der Waals surface area contributed by atoms with Crippen molar-refractivity contribution in [1.29, 1.82) is 0 Å². The Labute approximate surface area is 131 Å². The van der Waals surface area contributed by atoms with E-state index in [2.05, 4.69) is 46.4 Å². The summed E-state index contributed by atoms with van der Waals surface area (Å²) < 4.78 is 2.04. The maximum Gasteiger partial charge on any atom is 0.128 e. The van der Waals surface area contributed by atoms with Crippen LogP contribution in [-0.4, -0.2) is 27.5 Å². The second-order valence-corrected chi connectivity index (χ2v) is 6.25. The monoisotopic (exact) mass is 297 g/mol. The van der Waals surface area contributed by atoms with Gasteiger partial charge in [-0.15, -0.1) is 0 Å². The molecule has 0 atom stereocenters. The van der Waals surface area contributed by atoms with E-state index >= 15 is 0 Å². The molecular weight excluding hydrogens is 274 g/mol. The van der Waals surface area contributed by atoms with Crippen molar-refractivity contribution in [2.24, 2.45) is 10.9 Å². The summed E-state index contributed by atoms with van der Waals surface area (Å²) in [5.74, 6) is 1.69. The van der Waals surface area contributed by atoms with Crippen molar-refractivity contribution >= 4 is 17.7 Å². The van der Waals surface area contributed by atoms with Gasteiger partial charge in [0.2, 0.25) is 0 Å². The van der Waals surface area contributed by atoms with Gasteiger partial charge < -0.3 is 5.32 Å². The number of nitrogens with one attached hydrogen (secondary N) is 1. The number of aryl methyl sites for hydroxylation is 2. The first-order valence-corrected chi connectivity index (χ1v) is 7.92. The summed E-state index contributed by atoms with van der Waals surface area (Å²) in [5.41, 5.74) is 4.25. The lowest BCUT2D eigenvalue weighted by Gasteiger charge is -2.13. The van der Waals surface area contributed by atoms with Crippen LogP contribution in [0, 0.1) is 12.8 Å². The lowest BCUT2D eigenvalue weighted by Crippen LogP contribution is -2.09. The molecule has 0 spiro atoms. The first kappa shape index (κ1) is 14.8. The molecule has 0 fully saturated rings. The third-order valence-corrected chi connectivity index (χ3v) is 3.80. The molecule has 1 N–H and O–H groups in total. The Morgan fingerprint density at radius 2 is 2.18 bits per heavy atom. The minimum absolute atomic E-state index is 0.666. The molecule has 0 radical (unpaired) electrons. The average molecular weight is 297 g/mol. The zero-order valence-electron chi connectivity index (χ0n) is 13.5. The fourth-order valence-electron chi connectivity index (χ4n) is 2.58. The Morgan fingerprint density at radius 3 is 3.00 bits per heavy atom. The second kappa shape index (κ2) is 6.30. The van der Waals surface area contributed by atoms with Crippen molar-refractivity contribution in [1.82, 2.24) is 14.8 Å². The van der Waals surface area contributed by atoms with Crippen LogP contribution in [0.15, 0.2) is 23.3 Å². The molecule has 3 rings (SSSR count). The molecule has 0 saturated heterocycles. The number of rotatable bonds is 5. The number of hydrogen-bond donors (Lipinski definition) is 1. The van der Waals surface area contributed by atoms with Crippen molar-refractivity contribution in [3.8, 4) is 0 Å². The molecule has 2 aromatic heterocycles. The number of hydrogen-bond acceptors (Lipinski definition) is 4. The highest BCUT2D eigenvalue weighted by Crippen LogP contribution is 2.21. The van der Waals surface area contributed by atoms with Gasteiger partial charge in [0.1, 0.15) is 5.82 Å². The lowest BCUT2D eigenvalue weighted by atomic mass is 10.1. The molecule has 0 aliphatic carbocycles. The van der Waals surface area contributed by atoms with Crippen LogP contribution in [0.2, 0.25) is 0 Å². The summed E-state index contributed by atoms with van der Waals surface area (Å²) >= 11 is 0. The van der Waals surface area contributed by atoms with Gasteiger partial charge in [0.25, 0.3) is 0 Å². The van der Waals surface area contributed by atoms with E-state index < -0.39 is 0 Å². The summed E-state index contributed by atoms with van der Waals surface area (Å²) in [5, 5.41) is 8.02. The molecule has 22 heavy (non-hydrogen) atoms. The van der Waals surface area contributed by atoms with Gasteiger partial charge in [-0.3, -0.25) is 9.98 Å². The Bertz CT molecular complexity index is 684. The van der Waals surface area contributed by atoms with Crippen LogP contribution in [0.4, 0.5) is 11.5 Å². The van der Waals surface area contributed by atoms with Crippen LogP contribution in [0.1, 0.15) is 37.2 Å². The molecule has 3 heterocycles. The highest BCUT2D eigenvalue weighted by atomic mass is 15.3. The number of aromatic nitrogens is 3. The average Bonchev–Trinajstić information content (AvgIpc) is 2.85. The molecule has 0 unspecified atom stereocenters. The molecule has 5 heteroatoms. The molecule has 1 aliphatic heterocycles. The lowest BCUT2D eigenvalue weighted by molar-refractivity contribution is 0.489. The Hall–Kier alpha value is -2.17. The number of anilines is 2. The Morgan fingerprint density at radius 1 is 1.32 bits per heavy atom. The predicted molar refractivity (Wildman–Crippen MR) is 90.1 cm³/mol. The predicted octanol–water partition coefficient (Wildman–Crippen LogP) is 3.35. The number of pyridine rings is 1. The van der Waals surface area contributed by atoms with E-state index in [4.69, 9.17) is 0 Å². The third kappa shape index (κ3) is 3.35. The molecule has 1 aliphatic rings. The maximum absolute atomic E-state index is 4.57. The van der Waals surface area contributed by atoms with E-state index in [1.165, 1.54) is 0 Å². The van der Waals surface area contributed by atoms with Gasteiger partial charge in [-0.25, -0.2) is 4.68 Å². The van der Waals surface area contributed by atoms with Gasteiger partial charge in [-0.05, 0) is 25.3 Å². The summed E-state index contributed by atoms with van der Waals surface area (Å²) in [4.78, 5) is 8.87. The first-order valence-electron chi connectivity index (χ1n) is 7.92. The SMILES string of the molecule is Cc1cc(Nc2cnc3c(c2)C=NCC3)n(CCC(C)C)n1. The largest absolute Gasteiger partial charge is 0.339 e. The zero-order valence-corrected chi connectivity index (χ0v) is 13.5. The highest BCUT2D eigenvalue weighted by Gasteiger charge is 2.10. The van der Waals surface area contributed by atoms with Crippen molar-refractivity contribution in [2.45, 2.75) is 40.2 Å². The zero-order chi connectivity index (χ0) is 15.5. The number of fused-ring (bicyclic) bond motifs is 1. The van der Waals surface area contributed by atoms with Gasteiger partial charge >= 0.3 is 0 Å². The fourth-order valence-corrected chi connectivity index (χ4v) is 2.58. The minimum atomic E-state index is 0.666. The minimum Gasteiger partial charge on any atom is -0.339 e. The number of aliphatic imine (C=N–C) groups is 1. The molecule has 0 amide bonds. The van der Waals surface area contributed by atoms with E-state index in [-0.39, 0.29) is 0 Å². The van der Waals surface area contributed by atoms with E-state index in [0.717, 1.165) is 54.4 Å². The molecule has 2 aromatic rings. The molecule has 0 aromatic carbocycles. The molecule has 0 bridgehead atoms. The van der Waals surface area contributed by atoms with Crippen LogP contribution in [0.3, 0.4) is 0 Å². The van der Waals surface area contributed by atoms with E-state index in [1.807, 2.05) is 24.0 Å². The van der Waals surface area contributed by atoms with Gasteiger partial charge in [-0.2, -0.15) is 5.10 Å². The highest BCUT2D eigenvalue weighted by molar-refractivity contribution is 5.84. The second-order valence-electron chi connectivity index (χ2n) is 6.25. The van der Waals surface area contributed by atoms with Gasteiger partial charge in [0, 0.05) is 37.4 Å². The molecule has 116 valence electrons. The third-order valence-electron chi connectivity index (χ3n) is 3.80. The van der Waals surface area contributed by atoms with Gasteiger partial charge in [-0.1, -0.05) is 13.8 Å². The van der Waals surface area contributed by atoms with Crippen molar-refractivity contribution in [3.63, 3.8) is 0 Å². The Balaban J connectivity index is 1.80. The smallest absolute Gasteiger partial charge is 0.128 e. The van der Waals surface area contributed by atoms with Crippen molar-refractivity contribution in [2.75, 3.05) is 11.9 Å². The maximum atomic E-state index is 4.57. The summed E-state index contributed by atoms with van der Waals surface area (Å²) in [6, 6.07) is 4.19. The first-order chi connectivity index (χ1) is 10.6. The summed E-state index contributed by atoms with van der Waals surface area (Å²) in [6.07, 6.45) is 5.86. The normalized spacial score (nSPS) is 13.5. The standard InChI is InChI=1S/C17H23N5/c1-12(2)5-7-22-17(8-13(3)21-22)20-15-9-14-10-18-6-4-16(14)19-11-15/h8-12,20H,4-7H2,1-3H3. The molecule has 0 saturated carbocycles. The molecule has 5 nitrogen and oxygen atoms in total. The van der Waals surface area contributed by atoms with Crippen LogP contribution < -0.4 is 5.32 Å². The van der Waals surface area contributed by atoms with Crippen LogP contribution in [0.5, 0.6) is 0 Å². The van der Waals surface area contributed by atoms with Crippen molar-refractivity contribution < 1.29 is 0 Å². The Kier molecular flexibility index (Phi) is 4.22. The van der Waals surface area contributed by atoms with Crippen molar-refractivity contribution in [3.05, 3.63) is 35.3 Å². The quantitative estimate of drug-likeness (QED) is 0.920. The van der Waals surface area contributed by atoms with E-state index in [9.17, 15) is 0 Å². The van der Waals surface area contributed by atoms with Gasteiger partial charge in [0.15, 0.2) is 0 Å². The van der Waals surface area contributed by atoms with E-state index in [0.29, 0.717) is 5.92 Å². The number of nitrogens with zero attached hydrogens (tertiary/aromatic N) is 4. The summed E-state index contributed by atoms with van der Waals surface area (Å²) in [6.45, 7) is 8.25. The summed E-state index contributed by atoms with van der Waals surface area (Å²) in [7, 11) is 0. The molecular formula is C17H23N5. The fraction of sp³-hybridized carbons (Fsp3) is 0.471. The van der Waals surface area contributed by atoms with Crippen LogP contribution in [-0.2, 0) is 13.0 Å².